The third-order valence-electron chi connectivity index (χ3n) is 2.44. The molecule has 0 saturated carbocycles. The Kier molecular flexibility index (Phi) is 15.4. The smallest absolute Gasteiger partial charge is 0.748 e. The summed E-state index contributed by atoms with van der Waals surface area (Å²) in [4.78, 5) is 0. The molecule has 0 heterocycles. The maximum absolute atomic E-state index is 10.3. The van der Waals surface area contributed by atoms with Gasteiger partial charge in [0, 0.05) is 0 Å². The van der Waals surface area contributed by atoms with Crippen LogP contribution in [0.1, 0.15) is 58.3 Å². The van der Waals surface area contributed by atoms with Crippen LogP contribution in [0.15, 0.2) is 12.2 Å². The minimum absolute atomic E-state index is 0. The van der Waals surface area contributed by atoms with Crippen molar-refractivity contribution in [3.8, 4) is 0 Å². The molecule has 96 valence electrons. The molecular weight excluding hydrogens is 247 g/mol. The van der Waals surface area contributed by atoms with Crippen molar-refractivity contribution in [2.24, 2.45) is 0 Å². The average molecular weight is 270 g/mol. The molecule has 0 aromatic carbocycles. The normalized spacial score (nSPS) is 11.6. The van der Waals surface area contributed by atoms with Gasteiger partial charge < -0.3 is 4.55 Å². The van der Waals surface area contributed by atoms with Gasteiger partial charge in [-0.1, -0.05) is 57.6 Å². The molecule has 0 saturated heterocycles. The number of rotatable bonds is 10. The second-order valence-electron chi connectivity index (χ2n) is 4.11. The Labute approximate surface area is 128 Å². The summed E-state index contributed by atoms with van der Waals surface area (Å²) in [5, 5.41) is 0. The summed E-state index contributed by atoms with van der Waals surface area (Å²) in [6.07, 6.45) is 12.9. The zero-order valence-electron chi connectivity index (χ0n) is 11.2. The minimum atomic E-state index is -4.07. The van der Waals surface area contributed by atoms with E-state index in [1.165, 1.54) is 44.6 Å². The van der Waals surface area contributed by atoms with Gasteiger partial charge in [0.1, 0.15) is 0 Å². The van der Waals surface area contributed by atoms with E-state index in [0.29, 0.717) is 0 Å². The topological polar surface area (TPSA) is 57.2 Å². The third kappa shape index (κ3) is 19.2. The van der Waals surface area contributed by atoms with Gasteiger partial charge in [0.15, 0.2) is 0 Å². The molecule has 0 rings (SSSR count). The van der Waals surface area contributed by atoms with Crippen LogP contribution in [0.3, 0.4) is 0 Å². The van der Waals surface area contributed by atoms with E-state index in [1.54, 1.807) is 6.08 Å². The van der Waals surface area contributed by atoms with Crippen LogP contribution >= 0.6 is 0 Å². The number of hydrogen-bond acceptors (Lipinski definition) is 3. The van der Waals surface area contributed by atoms with Gasteiger partial charge in [0.2, 0.25) is 0 Å². The summed E-state index contributed by atoms with van der Waals surface area (Å²) in [7, 11) is -4.07. The van der Waals surface area contributed by atoms with E-state index < -0.39 is 10.1 Å². The van der Waals surface area contributed by atoms with Crippen LogP contribution < -0.4 is 29.6 Å². The molecule has 0 aliphatic heterocycles. The molecule has 0 radical (unpaired) electrons. The van der Waals surface area contributed by atoms with E-state index in [1.807, 2.05) is 0 Å². The first kappa shape index (κ1) is 20.0. The minimum Gasteiger partial charge on any atom is -0.748 e. The summed E-state index contributed by atoms with van der Waals surface area (Å²) in [6, 6.07) is 0. The van der Waals surface area contributed by atoms with E-state index in [9.17, 15) is 13.0 Å². The van der Waals surface area contributed by atoms with Crippen LogP contribution in [0, 0.1) is 0 Å². The summed E-state index contributed by atoms with van der Waals surface area (Å²) < 4.78 is 30.8. The molecule has 0 fully saturated rings. The molecule has 0 aliphatic rings. The van der Waals surface area contributed by atoms with Crippen LogP contribution in [-0.2, 0) is 10.1 Å². The summed E-state index contributed by atoms with van der Waals surface area (Å²) in [5.74, 6) is -0.372. The van der Waals surface area contributed by atoms with Gasteiger partial charge >= 0.3 is 29.6 Å². The molecule has 17 heavy (non-hydrogen) atoms. The van der Waals surface area contributed by atoms with Crippen LogP contribution in [-0.4, -0.2) is 18.7 Å². The van der Waals surface area contributed by atoms with Gasteiger partial charge in [-0.25, -0.2) is 8.42 Å². The van der Waals surface area contributed by atoms with Crippen LogP contribution in [0.2, 0.25) is 0 Å². The molecule has 0 spiro atoms. The molecule has 0 aromatic rings. The van der Waals surface area contributed by atoms with E-state index in [2.05, 4.69) is 6.92 Å². The Balaban J connectivity index is 0. The first-order chi connectivity index (χ1) is 7.56. The van der Waals surface area contributed by atoms with Gasteiger partial charge in [-0.2, -0.15) is 0 Å². The first-order valence-electron chi connectivity index (χ1n) is 6.15. The summed E-state index contributed by atoms with van der Waals surface area (Å²) in [6.45, 7) is 2.20. The van der Waals surface area contributed by atoms with Crippen molar-refractivity contribution < 1.29 is 42.5 Å². The largest absolute Gasteiger partial charge is 1.00 e. The SMILES string of the molecule is CCCCCCCCC/C=C/CS(=O)(=O)[O-].[Na+]. The average Bonchev–Trinajstić information content (AvgIpc) is 2.19. The van der Waals surface area contributed by atoms with E-state index in [0.717, 1.165) is 12.8 Å². The quantitative estimate of drug-likeness (QED) is 0.247. The van der Waals surface area contributed by atoms with Crippen molar-refractivity contribution in [2.75, 3.05) is 5.75 Å². The summed E-state index contributed by atoms with van der Waals surface area (Å²) >= 11 is 0. The molecule has 0 atom stereocenters. The standard InChI is InChI=1S/C12H24O3S.Na/c1-2-3-4-5-6-7-8-9-10-11-12-16(13,14)15;/h10-11H,2-9,12H2,1H3,(H,13,14,15);/q;+1/p-1/b11-10+;. The van der Waals surface area contributed by atoms with Crippen molar-refractivity contribution >= 4 is 10.1 Å². The van der Waals surface area contributed by atoms with Crippen molar-refractivity contribution in [1.29, 1.82) is 0 Å². The van der Waals surface area contributed by atoms with Crippen molar-refractivity contribution in [3.63, 3.8) is 0 Å². The van der Waals surface area contributed by atoms with Crippen LogP contribution in [0.25, 0.3) is 0 Å². The number of allylic oxidation sites excluding steroid dienone is 1. The Morgan fingerprint density at radius 2 is 1.47 bits per heavy atom. The molecule has 0 unspecified atom stereocenters. The van der Waals surface area contributed by atoms with Gasteiger partial charge in [0.05, 0.1) is 15.9 Å². The summed E-state index contributed by atoms with van der Waals surface area (Å²) in [5.41, 5.74) is 0. The molecule has 3 nitrogen and oxygen atoms in total. The van der Waals surface area contributed by atoms with Crippen LogP contribution in [0.5, 0.6) is 0 Å². The van der Waals surface area contributed by atoms with E-state index in [-0.39, 0.29) is 35.3 Å². The predicted molar refractivity (Wildman–Crippen MR) is 66.3 cm³/mol. The first-order valence-corrected chi connectivity index (χ1v) is 7.72. The number of hydrogen-bond donors (Lipinski definition) is 0. The molecule has 0 amide bonds. The molecule has 0 N–H and O–H groups in total. The van der Waals surface area contributed by atoms with Gasteiger partial charge in [-0.05, 0) is 12.8 Å². The fourth-order valence-corrected chi connectivity index (χ4v) is 1.89. The third-order valence-corrected chi connectivity index (χ3v) is 3.04. The van der Waals surface area contributed by atoms with Crippen molar-refractivity contribution in [3.05, 3.63) is 12.2 Å². The van der Waals surface area contributed by atoms with Crippen molar-refractivity contribution in [1.82, 2.24) is 0 Å². The van der Waals surface area contributed by atoms with Crippen molar-refractivity contribution in [2.45, 2.75) is 58.3 Å². The second-order valence-corrected chi connectivity index (χ2v) is 5.55. The van der Waals surface area contributed by atoms with E-state index >= 15 is 0 Å². The molecule has 0 aliphatic carbocycles. The second kappa shape index (κ2) is 13.1. The fourth-order valence-electron chi connectivity index (χ4n) is 1.52. The Bertz CT molecular complexity index is 273. The Hall–Kier alpha value is 0.650. The monoisotopic (exact) mass is 270 g/mol. The number of unbranched alkanes of at least 4 members (excludes halogenated alkanes) is 7. The van der Waals surface area contributed by atoms with Gasteiger partial charge in [-0.3, -0.25) is 0 Å². The zero-order valence-corrected chi connectivity index (χ0v) is 14.0. The molecule has 5 heteroatoms. The Morgan fingerprint density at radius 3 is 2.00 bits per heavy atom. The van der Waals surface area contributed by atoms with Gasteiger partial charge in [0.25, 0.3) is 0 Å². The molecular formula is C12H23NaO3S. The fraction of sp³-hybridized carbons (Fsp3) is 0.833. The maximum Gasteiger partial charge on any atom is 1.00 e. The Morgan fingerprint density at radius 1 is 0.941 bits per heavy atom. The zero-order chi connectivity index (χ0) is 12.3. The predicted octanol–water partition coefficient (Wildman–Crippen LogP) is 0.233. The molecule has 0 bridgehead atoms. The maximum atomic E-state index is 10.3. The molecule has 0 aromatic heterocycles. The van der Waals surface area contributed by atoms with E-state index in [4.69, 9.17) is 0 Å². The van der Waals surface area contributed by atoms with Gasteiger partial charge in [-0.15, -0.1) is 0 Å². The van der Waals surface area contributed by atoms with Crippen LogP contribution in [0.4, 0.5) is 0 Å².